The molecular weight excluding hydrogens is 276 g/mol. The number of carbonyl (C=O) groups excluding carboxylic acids is 1. The third kappa shape index (κ3) is 3.45. The lowest BCUT2D eigenvalue weighted by molar-refractivity contribution is 0.101. The molecule has 1 aromatic carbocycles. The fourth-order valence-electron chi connectivity index (χ4n) is 2.35. The van der Waals surface area contributed by atoms with Gasteiger partial charge in [0.25, 0.3) is 0 Å². The van der Waals surface area contributed by atoms with Crippen molar-refractivity contribution in [2.45, 2.75) is 37.1 Å². The fourth-order valence-corrected chi connectivity index (χ4v) is 3.86. The summed E-state index contributed by atoms with van der Waals surface area (Å²) in [5, 5.41) is 3.21. The van der Waals surface area contributed by atoms with Crippen LogP contribution < -0.4 is 10.0 Å². The maximum absolute atomic E-state index is 12.4. The minimum Gasteiger partial charge on any atom is -0.317 e. The van der Waals surface area contributed by atoms with Crippen LogP contribution in [0.25, 0.3) is 0 Å². The second-order valence-corrected chi connectivity index (χ2v) is 7.18. The van der Waals surface area contributed by atoms with Gasteiger partial charge in [-0.05, 0) is 51.9 Å². The highest BCUT2D eigenvalue weighted by Gasteiger charge is 2.32. The van der Waals surface area contributed by atoms with Gasteiger partial charge >= 0.3 is 0 Å². The zero-order valence-electron chi connectivity index (χ0n) is 11.8. The Morgan fingerprint density at radius 3 is 2.55 bits per heavy atom. The summed E-state index contributed by atoms with van der Waals surface area (Å²) in [6.07, 6.45) is 1.50. The molecule has 0 saturated carbocycles. The van der Waals surface area contributed by atoms with Gasteiger partial charge in [-0.3, -0.25) is 4.79 Å². The van der Waals surface area contributed by atoms with Crippen LogP contribution in [0.2, 0.25) is 0 Å². The number of benzene rings is 1. The molecule has 0 spiro atoms. The molecule has 0 amide bonds. The normalized spacial score (nSPS) is 18.7. The van der Waals surface area contributed by atoms with Crippen molar-refractivity contribution < 1.29 is 13.2 Å². The van der Waals surface area contributed by atoms with Gasteiger partial charge in [0.2, 0.25) is 10.0 Å². The van der Waals surface area contributed by atoms with E-state index in [2.05, 4.69) is 10.0 Å². The summed E-state index contributed by atoms with van der Waals surface area (Å²) in [6, 6.07) is 6.15. The van der Waals surface area contributed by atoms with Crippen LogP contribution in [-0.2, 0) is 10.0 Å². The maximum atomic E-state index is 12.4. The lowest BCUT2D eigenvalue weighted by atomic mass is 9.92. The Balaban J connectivity index is 2.26. The molecule has 0 bridgehead atoms. The van der Waals surface area contributed by atoms with Crippen molar-refractivity contribution in [3.8, 4) is 0 Å². The van der Waals surface area contributed by atoms with Crippen molar-refractivity contribution in [1.82, 2.24) is 10.0 Å². The van der Waals surface area contributed by atoms with E-state index in [-0.39, 0.29) is 10.7 Å². The molecule has 0 atom stereocenters. The SMILES string of the molecule is CC(=O)c1cccc(S(=O)(=O)NC2(C)CCNCC2)c1. The lowest BCUT2D eigenvalue weighted by Crippen LogP contribution is -2.52. The van der Waals surface area contributed by atoms with Gasteiger partial charge in [-0.2, -0.15) is 0 Å². The highest BCUT2D eigenvalue weighted by molar-refractivity contribution is 7.89. The third-order valence-electron chi connectivity index (χ3n) is 3.64. The molecular formula is C14H20N2O3S. The van der Waals surface area contributed by atoms with E-state index < -0.39 is 15.6 Å². The van der Waals surface area contributed by atoms with Gasteiger partial charge in [-0.1, -0.05) is 12.1 Å². The van der Waals surface area contributed by atoms with Gasteiger partial charge in [0.15, 0.2) is 5.78 Å². The van der Waals surface area contributed by atoms with Crippen LogP contribution in [0.5, 0.6) is 0 Å². The van der Waals surface area contributed by atoms with Gasteiger partial charge in [-0.15, -0.1) is 0 Å². The third-order valence-corrected chi connectivity index (χ3v) is 5.27. The van der Waals surface area contributed by atoms with Gasteiger partial charge in [0, 0.05) is 11.1 Å². The maximum Gasteiger partial charge on any atom is 0.241 e. The molecule has 1 aliphatic heterocycles. The van der Waals surface area contributed by atoms with E-state index in [1.807, 2.05) is 6.92 Å². The van der Waals surface area contributed by atoms with Crippen molar-refractivity contribution in [3.05, 3.63) is 29.8 Å². The first-order chi connectivity index (χ1) is 9.32. The minimum atomic E-state index is -3.60. The number of nitrogens with one attached hydrogen (secondary N) is 2. The zero-order valence-corrected chi connectivity index (χ0v) is 12.6. The molecule has 5 nitrogen and oxygen atoms in total. The Kier molecular flexibility index (Phi) is 4.27. The molecule has 2 rings (SSSR count). The summed E-state index contributed by atoms with van der Waals surface area (Å²) < 4.78 is 27.7. The Bertz CT molecular complexity index is 605. The van der Waals surface area contributed by atoms with E-state index in [1.165, 1.54) is 19.1 Å². The molecule has 0 aliphatic carbocycles. The summed E-state index contributed by atoms with van der Waals surface area (Å²) in [5.41, 5.74) is -0.0283. The van der Waals surface area contributed by atoms with Crippen LogP contribution in [0.4, 0.5) is 0 Å². The van der Waals surface area contributed by atoms with Crippen molar-refractivity contribution in [1.29, 1.82) is 0 Å². The average Bonchev–Trinajstić information content (AvgIpc) is 2.38. The average molecular weight is 296 g/mol. The van der Waals surface area contributed by atoms with Gasteiger partial charge < -0.3 is 5.32 Å². The number of sulfonamides is 1. The highest BCUT2D eigenvalue weighted by atomic mass is 32.2. The number of ketones is 1. The molecule has 1 heterocycles. The monoisotopic (exact) mass is 296 g/mol. The summed E-state index contributed by atoms with van der Waals surface area (Å²) in [4.78, 5) is 11.5. The van der Waals surface area contributed by atoms with Crippen LogP contribution in [0.3, 0.4) is 0 Å². The summed E-state index contributed by atoms with van der Waals surface area (Å²) in [7, 11) is -3.60. The molecule has 6 heteroatoms. The van der Waals surface area contributed by atoms with E-state index in [9.17, 15) is 13.2 Å². The number of hydrogen-bond donors (Lipinski definition) is 2. The van der Waals surface area contributed by atoms with Crippen LogP contribution in [0.1, 0.15) is 37.0 Å². The molecule has 0 unspecified atom stereocenters. The molecule has 1 aromatic rings. The first-order valence-electron chi connectivity index (χ1n) is 6.68. The summed E-state index contributed by atoms with van der Waals surface area (Å²) in [6.45, 7) is 4.94. The number of Topliss-reactive ketones (excluding diaryl/α,β-unsaturated/α-hetero) is 1. The Morgan fingerprint density at radius 2 is 1.95 bits per heavy atom. The van der Waals surface area contributed by atoms with E-state index in [0.29, 0.717) is 5.56 Å². The predicted molar refractivity (Wildman–Crippen MR) is 77.3 cm³/mol. The summed E-state index contributed by atoms with van der Waals surface area (Å²) >= 11 is 0. The van der Waals surface area contributed by atoms with Crippen LogP contribution >= 0.6 is 0 Å². The molecule has 0 aromatic heterocycles. The van der Waals surface area contributed by atoms with Gasteiger partial charge in [0.05, 0.1) is 4.90 Å². The molecule has 1 aliphatic rings. The fraction of sp³-hybridized carbons (Fsp3) is 0.500. The number of piperidine rings is 1. The Labute approximate surface area is 119 Å². The Hall–Kier alpha value is -1.24. The topological polar surface area (TPSA) is 75.3 Å². The van der Waals surface area contributed by atoms with E-state index >= 15 is 0 Å². The minimum absolute atomic E-state index is 0.143. The van der Waals surface area contributed by atoms with Crippen LogP contribution in [0.15, 0.2) is 29.2 Å². The van der Waals surface area contributed by atoms with Crippen LogP contribution in [-0.4, -0.2) is 32.8 Å². The Morgan fingerprint density at radius 1 is 1.30 bits per heavy atom. The number of carbonyl (C=O) groups is 1. The molecule has 0 radical (unpaired) electrons. The van der Waals surface area contributed by atoms with E-state index in [1.54, 1.807) is 12.1 Å². The first-order valence-corrected chi connectivity index (χ1v) is 8.16. The van der Waals surface area contributed by atoms with Gasteiger partial charge in [-0.25, -0.2) is 13.1 Å². The second kappa shape index (κ2) is 5.63. The van der Waals surface area contributed by atoms with E-state index in [0.717, 1.165) is 25.9 Å². The molecule has 20 heavy (non-hydrogen) atoms. The smallest absolute Gasteiger partial charge is 0.241 e. The quantitative estimate of drug-likeness (QED) is 0.822. The zero-order chi connectivity index (χ0) is 14.8. The molecule has 110 valence electrons. The first kappa shape index (κ1) is 15.2. The predicted octanol–water partition coefficient (Wildman–Crippen LogP) is 1.31. The highest BCUT2D eigenvalue weighted by Crippen LogP contribution is 2.21. The van der Waals surface area contributed by atoms with Crippen LogP contribution in [0, 0.1) is 0 Å². The lowest BCUT2D eigenvalue weighted by Gasteiger charge is -2.34. The second-order valence-electron chi connectivity index (χ2n) is 5.50. The van der Waals surface area contributed by atoms with Crippen molar-refractivity contribution in [3.63, 3.8) is 0 Å². The van der Waals surface area contributed by atoms with Crippen molar-refractivity contribution >= 4 is 15.8 Å². The largest absolute Gasteiger partial charge is 0.317 e. The molecule has 1 fully saturated rings. The van der Waals surface area contributed by atoms with Crippen molar-refractivity contribution in [2.24, 2.45) is 0 Å². The number of hydrogen-bond acceptors (Lipinski definition) is 4. The summed E-state index contributed by atoms with van der Waals surface area (Å²) in [5.74, 6) is -0.143. The standard InChI is InChI=1S/C14H20N2O3S/c1-11(17)12-4-3-5-13(10-12)20(18,19)16-14(2)6-8-15-9-7-14/h3-5,10,15-16H,6-9H2,1-2H3. The van der Waals surface area contributed by atoms with Gasteiger partial charge in [0.1, 0.15) is 0 Å². The molecule has 1 saturated heterocycles. The molecule has 2 N–H and O–H groups in total. The van der Waals surface area contributed by atoms with Crippen molar-refractivity contribution in [2.75, 3.05) is 13.1 Å². The number of rotatable bonds is 4. The van der Waals surface area contributed by atoms with E-state index in [4.69, 9.17) is 0 Å².